The van der Waals surface area contributed by atoms with Crippen LogP contribution >= 0.6 is 8.25 Å². The Morgan fingerprint density at radius 2 is 2.00 bits per heavy atom. The Morgan fingerprint density at radius 3 is 2.00 bits per heavy atom. The molecular weight excluding hydrogens is 155 g/mol. The van der Waals surface area contributed by atoms with Gasteiger partial charge < -0.3 is 0 Å². The Hall–Kier alpha value is -0.0300. The van der Waals surface area contributed by atoms with E-state index < -0.39 is 18.4 Å². The average molecular weight is 159 g/mol. The summed E-state index contributed by atoms with van der Waals surface area (Å²) in [5, 5.41) is 0. The zero-order valence-corrected chi connectivity index (χ0v) is 5.65. The van der Waals surface area contributed by atoms with Crippen molar-refractivity contribution in [3.8, 4) is 0 Å². The topological polar surface area (TPSA) is 80.7 Å². The van der Waals surface area contributed by atoms with Gasteiger partial charge in [0.25, 0.3) is 0 Å². The van der Waals surface area contributed by atoms with Crippen LogP contribution in [-0.2, 0) is 18.7 Å². The molecule has 48 valence electrons. The second-order valence-corrected chi connectivity index (χ2v) is 3.50. The van der Waals surface area contributed by atoms with Gasteiger partial charge in [-0.3, -0.25) is 0 Å². The minimum absolute atomic E-state index is 0.691. The molecule has 0 bridgehead atoms. The van der Waals surface area contributed by atoms with Gasteiger partial charge in [0.05, 0.1) is 6.26 Å². The second kappa shape index (κ2) is 2.50. The van der Waals surface area contributed by atoms with Crippen LogP contribution in [0.25, 0.3) is 0 Å². The lowest BCUT2D eigenvalue weighted by molar-refractivity contribution is 0.407. The molecule has 0 heterocycles. The van der Waals surface area contributed by atoms with Gasteiger partial charge >= 0.3 is 18.4 Å². The molecule has 8 heavy (non-hydrogen) atoms. The lowest BCUT2D eigenvalue weighted by Crippen LogP contribution is -1.94. The number of rotatable bonds is 2. The summed E-state index contributed by atoms with van der Waals surface area (Å²) in [5.41, 5.74) is 0. The lowest BCUT2D eigenvalue weighted by atomic mass is 12.0. The highest BCUT2D eigenvalue weighted by Gasteiger charge is 2.21. The zero-order valence-electron chi connectivity index (χ0n) is 3.94. The van der Waals surface area contributed by atoms with E-state index in [0.29, 0.717) is 6.26 Å². The molecule has 0 aromatic heterocycles. The summed E-state index contributed by atoms with van der Waals surface area (Å²) >= 11 is 0. The summed E-state index contributed by atoms with van der Waals surface area (Å²) in [6.45, 7) is 0. The Bertz CT molecular complexity index is 179. The first-order valence-electron chi connectivity index (χ1n) is 1.47. The molecule has 0 spiro atoms. The van der Waals surface area contributed by atoms with E-state index in [2.05, 4.69) is 3.97 Å². The van der Waals surface area contributed by atoms with Crippen LogP contribution < -0.4 is 0 Å². The van der Waals surface area contributed by atoms with E-state index in [-0.39, 0.29) is 0 Å². The Morgan fingerprint density at radius 1 is 1.62 bits per heavy atom. The second-order valence-electron chi connectivity index (χ2n) is 1.02. The molecule has 0 aromatic rings. The SMILES string of the molecule is CS(=O)(=O)O[P+](=O)O. The maximum Gasteiger partial charge on any atom is 0.712 e. The van der Waals surface area contributed by atoms with Crippen molar-refractivity contribution in [1.82, 2.24) is 0 Å². The quantitative estimate of drug-likeness (QED) is 0.555. The first-order valence-corrected chi connectivity index (χ1v) is 4.42. The zero-order chi connectivity index (χ0) is 6.78. The van der Waals surface area contributed by atoms with Crippen LogP contribution in [0.4, 0.5) is 0 Å². The van der Waals surface area contributed by atoms with Gasteiger partial charge in [-0.25, -0.2) is 0 Å². The molecule has 1 N–H and O–H groups in total. The molecule has 0 amide bonds. The van der Waals surface area contributed by atoms with Crippen LogP contribution in [-0.4, -0.2) is 19.6 Å². The van der Waals surface area contributed by atoms with Crippen LogP contribution in [0, 0.1) is 0 Å². The molecule has 7 heteroatoms. The first-order chi connectivity index (χ1) is 3.42. The molecular formula is CH4O5PS+. The van der Waals surface area contributed by atoms with Gasteiger partial charge in [0.1, 0.15) is 0 Å². The molecule has 1 atom stereocenters. The molecule has 0 rings (SSSR count). The van der Waals surface area contributed by atoms with Crippen LogP contribution in [0.5, 0.6) is 0 Å². The third-order valence-electron chi connectivity index (χ3n) is 0.199. The van der Waals surface area contributed by atoms with Crippen LogP contribution in [0.3, 0.4) is 0 Å². The standard InChI is InChI=1S/CH3O5PS/c1-8(4,5)6-7(2)3/h1H3/p+1. The maximum absolute atomic E-state index is 9.88. The third-order valence-corrected chi connectivity index (χ3v) is 1.79. The molecule has 0 saturated carbocycles. The number of hydrogen-bond acceptors (Lipinski definition) is 4. The monoisotopic (exact) mass is 159 g/mol. The van der Waals surface area contributed by atoms with Crippen molar-refractivity contribution >= 4 is 18.4 Å². The molecule has 0 saturated heterocycles. The van der Waals surface area contributed by atoms with E-state index in [1.807, 2.05) is 0 Å². The van der Waals surface area contributed by atoms with Gasteiger partial charge in [-0.15, -0.1) is 4.89 Å². The van der Waals surface area contributed by atoms with Gasteiger partial charge in [-0.1, -0.05) is 0 Å². The van der Waals surface area contributed by atoms with Gasteiger partial charge in [0.15, 0.2) is 0 Å². The predicted octanol–water partition coefficient (Wildman–Crippen LogP) is -0.388. The fourth-order valence-corrected chi connectivity index (χ4v) is 1.04. The van der Waals surface area contributed by atoms with Crippen molar-refractivity contribution in [2.24, 2.45) is 0 Å². The van der Waals surface area contributed by atoms with Crippen molar-refractivity contribution in [3.63, 3.8) is 0 Å². The fraction of sp³-hybridized carbons (Fsp3) is 1.00. The van der Waals surface area contributed by atoms with Gasteiger partial charge in [0.2, 0.25) is 0 Å². The maximum atomic E-state index is 9.88. The van der Waals surface area contributed by atoms with Crippen LogP contribution in [0.1, 0.15) is 0 Å². The van der Waals surface area contributed by atoms with Crippen LogP contribution in [0.15, 0.2) is 0 Å². The van der Waals surface area contributed by atoms with Gasteiger partial charge in [0, 0.05) is 8.54 Å². The number of hydrogen-bond donors (Lipinski definition) is 1. The molecule has 1 unspecified atom stereocenters. The van der Waals surface area contributed by atoms with Crippen LogP contribution in [0.2, 0.25) is 0 Å². The van der Waals surface area contributed by atoms with E-state index in [1.54, 1.807) is 0 Å². The van der Waals surface area contributed by atoms with Crippen molar-refractivity contribution in [2.45, 2.75) is 0 Å². The highest BCUT2D eigenvalue weighted by atomic mass is 32.2. The Balaban J connectivity index is 3.95. The summed E-state index contributed by atoms with van der Waals surface area (Å²) in [6, 6.07) is 0. The smallest absolute Gasteiger partial charge is 0.196 e. The van der Waals surface area contributed by atoms with E-state index in [0.717, 1.165) is 0 Å². The van der Waals surface area contributed by atoms with Gasteiger partial charge in [-0.2, -0.15) is 8.42 Å². The van der Waals surface area contributed by atoms with Gasteiger partial charge in [-0.05, 0) is 0 Å². The summed E-state index contributed by atoms with van der Waals surface area (Å²) in [6.07, 6.45) is 0.691. The lowest BCUT2D eigenvalue weighted by Gasteiger charge is -1.76. The molecule has 0 aliphatic heterocycles. The highest BCUT2D eigenvalue weighted by molar-refractivity contribution is 7.88. The minimum Gasteiger partial charge on any atom is -0.196 e. The van der Waals surface area contributed by atoms with Crippen molar-refractivity contribution in [2.75, 3.05) is 6.26 Å². The molecule has 5 nitrogen and oxygen atoms in total. The average Bonchev–Trinajstić information content (AvgIpc) is 1.21. The third kappa shape index (κ3) is 5.97. The van der Waals surface area contributed by atoms with Crippen molar-refractivity contribution < 1.29 is 21.8 Å². The first kappa shape index (κ1) is 7.97. The fourth-order valence-electron chi connectivity index (χ4n) is 0.116. The summed E-state index contributed by atoms with van der Waals surface area (Å²) in [7, 11) is -6.78. The van der Waals surface area contributed by atoms with E-state index in [9.17, 15) is 13.0 Å². The largest absolute Gasteiger partial charge is 0.712 e. The van der Waals surface area contributed by atoms with E-state index in [4.69, 9.17) is 4.89 Å². The molecule has 0 aromatic carbocycles. The Kier molecular flexibility index (Phi) is 2.49. The van der Waals surface area contributed by atoms with E-state index >= 15 is 0 Å². The Labute approximate surface area is 47.4 Å². The molecule has 0 radical (unpaired) electrons. The summed E-state index contributed by atoms with van der Waals surface area (Å²) in [5.74, 6) is 0. The highest BCUT2D eigenvalue weighted by Crippen LogP contribution is 2.16. The molecule has 0 aliphatic carbocycles. The minimum atomic E-state index is -3.76. The van der Waals surface area contributed by atoms with Crippen molar-refractivity contribution in [3.05, 3.63) is 0 Å². The normalized spacial score (nSPS) is 13.5. The molecule has 0 fully saturated rings. The summed E-state index contributed by atoms with van der Waals surface area (Å²) in [4.78, 5) is 7.80. The van der Waals surface area contributed by atoms with E-state index in [1.165, 1.54) is 0 Å². The predicted molar refractivity (Wildman–Crippen MR) is 25.8 cm³/mol. The summed E-state index contributed by atoms with van der Waals surface area (Å²) < 4.78 is 32.8. The molecule has 0 aliphatic rings. The van der Waals surface area contributed by atoms with Crippen molar-refractivity contribution in [1.29, 1.82) is 0 Å².